The molecule has 6 heteroatoms. The molecule has 1 saturated carbocycles. The molecule has 0 aliphatic heterocycles. The van der Waals surface area contributed by atoms with Crippen molar-refractivity contribution in [3.63, 3.8) is 0 Å². The Bertz CT molecular complexity index is 701. The Morgan fingerprint density at radius 2 is 2.40 bits per heavy atom. The predicted octanol–water partition coefficient (Wildman–Crippen LogP) is 2.30. The molecule has 2 unspecified atom stereocenters. The van der Waals surface area contributed by atoms with E-state index < -0.39 is 6.08 Å². The maximum atomic E-state index is 13.4. The minimum absolute atomic E-state index is 0.0711. The Morgan fingerprint density at radius 3 is 3.05 bits per heavy atom. The zero-order valence-electron chi connectivity index (χ0n) is 11.3. The first-order valence-electron chi connectivity index (χ1n) is 6.72. The Labute approximate surface area is 116 Å². The smallest absolute Gasteiger partial charge is 0.312 e. The molecule has 1 fully saturated rings. The van der Waals surface area contributed by atoms with Gasteiger partial charge < -0.3 is 10.3 Å². The number of aromatic nitrogens is 4. The van der Waals surface area contributed by atoms with E-state index in [1.54, 1.807) is 6.33 Å². The number of terminal acetylenes is 1. The first-order chi connectivity index (χ1) is 9.58. The number of halogens is 1. The second-order valence-electron chi connectivity index (χ2n) is 5.38. The molecular weight excluding hydrogens is 257 g/mol. The molecule has 5 nitrogen and oxygen atoms in total. The zero-order chi connectivity index (χ0) is 14.3. The summed E-state index contributed by atoms with van der Waals surface area (Å²) in [7, 11) is 0. The van der Waals surface area contributed by atoms with Crippen molar-refractivity contribution in [2.75, 3.05) is 5.73 Å². The number of fused-ring (bicyclic) bond motifs is 1. The predicted molar refractivity (Wildman–Crippen MR) is 74.1 cm³/mol. The molecule has 1 aliphatic rings. The SMILES string of the molecule is C#CC1(CC)CCC(n2cnc3c(N)nc(F)nc32)C1. The average molecular weight is 273 g/mol. The Balaban J connectivity index is 2.03. The van der Waals surface area contributed by atoms with Crippen molar-refractivity contribution in [2.45, 2.75) is 38.6 Å². The monoisotopic (exact) mass is 273 g/mol. The molecule has 2 N–H and O–H groups in total. The third-order valence-corrected chi connectivity index (χ3v) is 4.38. The summed E-state index contributed by atoms with van der Waals surface area (Å²) in [5.74, 6) is 3.00. The largest absolute Gasteiger partial charge is 0.382 e. The summed E-state index contributed by atoms with van der Waals surface area (Å²) in [6.45, 7) is 2.11. The number of anilines is 1. The van der Waals surface area contributed by atoms with Gasteiger partial charge in [0.1, 0.15) is 5.52 Å². The van der Waals surface area contributed by atoms with Gasteiger partial charge in [0.05, 0.1) is 6.33 Å². The number of imidazole rings is 1. The van der Waals surface area contributed by atoms with Crippen molar-refractivity contribution in [3.05, 3.63) is 12.4 Å². The lowest BCUT2D eigenvalue weighted by Crippen LogP contribution is -2.14. The summed E-state index contributed by atoms with van der Waals surface area (Å²) in [5.41, 5.74) is 6.50. The highest BCUT2D eigenvalue weighted by Crippen LogP contribution is 2.46. The minimum Gasteiger partial charge on any atom is -0.382 e. The second kappa shape index (κ2) is 4.44. The van der Waals surface area contributed by atoms with Crippen LogP contribution in [0.5, 0.6) is 0 Å². The van der Waals surface area contributed by atoms with Gasteiger partial charge in [0.15, 0.2) is 11.5 Å². The van der Waals surface area contributed by atoms with E-state index >= 15 is 0 Å². The van der Waals surface area contributed by atoms with Crippen molar-refractivity contribution in [3.8, 4) is 12.3 Å². The van der Waals surface area contributed by atoms with Crippen LogP contribution in [0.1, 0.15) is 38.6 Å². The fourth-order valence-corrected chi connectivity index (χ4v) is 3.07. The van der Waals surface area contributed by atoms with Crippen molar-refractivity contribution in [2.24, 2.45) is 5.41 Å². The molecule has 2 atom stereocenters. The van der Waals surface area contributed by atoms with E-state index in [-0.39, 0.29) is 17.3 Å². The molecule has 2 aromatic rings. The van der Waals surface area contributed by atoms with E-state index in [1.807, 2.05) is 4.57 Å². The first-order valence-corrected chi connectivity index (χ1v) is 6.72. The molecule has 20 heavy (non-hydrogen) atoms. The lowest BCUT2D eigenvalue weighted by Gasteiger charge is -2.21. The van der Waals surface area contributed by atoms with E-state index in [4.69, 9.17) is 12.2 Å². The van der Waals surface area contributed by atoms with E-state index in [1.165, 1.54) is 0 Å². The lowest BCUT2D eigenvalue weighted by molar-refractivity contribution is 0.378. The number of nitrogen functional groups attached to an aromatic ring is 1. The molecule has 0 saturated heterocycles. The summed E-state index contributed by atoms with van der Waals surface area (Å²) in [6.07, 6.45) is 10.2. The number of nitrogens with zero attached hydrogens (tertiary/aromatic N) is 4. The molecule has 2 heterocycles. The van der Waals surface area contributed by atoms with Crippen molar-refractivity contribution >= 4 is 17.0 Å². The zero-order valence-corrected chi connectivity index (χ0v) is 11.3. The molecule has 104 valence electrons. The molecule has 0 amide bonds. The summed E-state index contributed by atoms with van der Waals surface area (Å²) >= 11 is 0. The lowest BCUT2D eigenvalue weighted by atomic mass is 9.84. The standard InChI is InChI=1S/C14H16FN5/c1-3-14(4-2)6-5-9(7-14)20-8-17-10-11(16)18-13(15)19-12(10)20/h1,8-9H,4-7H2,2H3,(H2,16,18,19). The van der Waals surface area contributed by atoms with Crippen LogP contribution in [0, 0.1) is 23.8 Å². The van der Waals surface area contributed by atoms with Gasteiger partial charge in [0, 0.05) is 11.5 Å². The number of hydrogen-bond acceptors (Lipinski definition) is 4. The topological polar surface area (TPSA) is 69.6 Å². The van der Waals surface area contributed by atoms with Gasteiger partial charge in [-0.25, -0.2) is 4.98 Å². The van der Waals surface area contributed by atoms with E-state index in [9.17, 15) is 4.39 Å². The van der Waals surface area contributed by atoms with Gasteiger partial charge in [-0.15, -0.1) is 6.42 Å². The third kappa shape index (κ3) is 1.82. The van der Waals surface area contributed by atoms with Gasteiger partial charge >= 0.3 is 6.08 Å². The van der Waals surface area contributed by atoms with Crippen LogP contribution in [0.4, 0.5) is 10.2 Å². The van der Waals surface area contributed by atoms with Crippen LogP contribution in [0.3, 0.4) is 0 Å². The van der Waals surface area contributed by atoms with Crippen LogP contribution in [0.15, 0.2) is 6.33 Å². The molecular formula is C14H16FN5. The van der Waals surface area contributed by atoms with Crippen LogP contribution < -0.4 is 5.73 Å². The Kier molecular flexibility index (Phi) is 2.85. The van der Waals surface area contributed by atoms with E-state index in [0.717, 1.165) is 25.7 Å². The van der Waals surface area contributed by atoms with Gasteiger partial charge in [-0.2, -0.15) is 14.4 Å². The maximum Gasteiger partial charge on any atom is 0.312 e. The van der Waals surface area contributed by atoms with Gasteiger partial charge in [-0.1, -0.05) is 12.8 Å². The van der Waals surface area contributed by atoms with E-state index in [0.29, 0.717) is 11.2 Å². The molecule has 0 bridgehead atoms. The highest BCUT2D eigenvalue weighted by molar-refractivity contribution is 5.81. The molecule has 0 radical (unpaired) electrons. The summed E-state index contributed by atoms with van der Waals surface area (Å²) in [6, 6.07) is 0.185. The molecule has 3 rings (SSSR count). The van der Waals surface area contributed by atoms with E-state index in [2.05, 4.69) is 27.8 Å². The fourth-order valence-electron chi connectivity index (χ4n) is 3.07. The number of rotatable bonds is 2. The average Bonchev–Trinajstić information content (AvgIpc) is 3.02. The summed E-state index contributed by atoms with van der Waals surface area (Å²) < 4.78 is 15.2. The Hall–Kier alpha value is -2.16. The second-order valence-corrected chi connectivity index (χ2v) is 5.38. The van der Waals surface area contributed by atoms with Crippen LogP contribution >= 0.6 is 0 Å². The quantitative estimate of drug-likeness (QED) is 0.673. The van der Waals surface area contributed by atoms with Crippen molar-refractivity contribution < 1.29 is 4.39 Å². The van der Waals surface area contributed by atoms with Crippen molar-refractivity contribution in [1.82, 2.24) is 19.5 Å². The number of hydrogen-bond donors (Lipinski definition) is 1. The molecule has 0 aromatic carbocycles. The van der Waals surface area contributed by atoms with Gasteiger partial charge in [-0.05, 0) is 25.7 Å². The molecule has 1 aliphatic carbocycles. The highest BCUT2D eigenvalue weighted by Gasteiger charge is 2.37. The fraction of sp³-hybridized carbons (Fsp3) is 0.500. The highest BCUT2D eigenvalue weighted by atomic mass is 19.1. The van der Waals surface area contributed by atoms with Gasteiger partial charge in [-0.3, -0.25) is 0 Å². The minimum atomic E-state index is -0.826. The van der Waals surface area contributed by atoms with Gasteiger partial charge in [0.25, 0.3) is 0 Å². The summed E-state index contributed by atoms with van der Waals surface area (Å²) in [4.78, 5) is 11.5. The first kappa shape index (κ1) is 12.9. The molecule has 2 aromatic heterocycles. The summed E-state index contributed by atoms with van der Waals surface area (Å²) in [5, 5.41) is 0. The van der Waals surface area contributed by atoms with Crippen molar-refractivity contribution in [1.29, 1.82) is 0 Å². The maximum absolute atomic E-state index is 13.4. The molecule has 0 spiro atoms. The number of nitrogens with two attached hydrogens (primary N) is 1. The van der Waals surface area contributed by atoms with Crippen LogP contribution in [0.25, 0.3) is 11.2 Å². The van der Waals surface area contributed by atoms with Crippen LogP contribution in [-0.4, -0.2) is 19.5 Å². The Morgan fingerprint density at radius 1 is 1.60 bits per heavy atom. The van der Waals surface area contributed by atoms with Crippen LogP contribution in [0.2, 0.25) is 0 Å². The van der Waals surface area contributed by atoms with Crippen LogP contribution in [-0.2, 0) is 0 Å². The third-order valence-electron chi connectivity index (χ3n) is 4.38. The van der Waals surface area contributed by atoms with Gasteiger partial charge in [0.2, 0.25) is 0 Å². The normalized spacial score (nSPS) is 25.9.